The molecule has 248 valence electrons. The van der Waals surface area contributed by atoms with Crippen LogP contribution in [-0.4, -0.2) is 45.4 Å². The number of thiophene rings is 1. The Morgan fingerprint density at radius 3 is 2.10 bits per heavy atom. The van der Waals surface area contributed by atoms with Gasteiger partial charge in [0.1, 0.15) is 6.10 Å². The van der Waals surface area contributed by atoms with Gasteiger partial charge in [0.2, 0.25) is 18.0 Å². The number of oxime groups is 1. The topological polar surface area (TPSA) is 103 Å². The van der Waals surface area contributed by atoms with E-state index in [0.29, 0.717) is 27.6 Å². The van der Waals surface area contributed by atoms with E-state index in [1.165, 1.54) is 30.2 Å². The van der Waals surface area contributed by atoms with E-state index in [2.05, 4.69) is 30.5 Å². The standard InChI is InChI=1S/C38H39N3O6S/c1-7-40-33-16-14-28(19-30(33)31-20-29(15-17-34(31)40)37(44)36-9-8-18-48-36)32(39-46-25(6)43)21-35(27-12-10-26(11-13-27)22(2)3)41(24(5)42)47-38-23(4)45-38/h8-20,22-23,35,38H,7,21H2,1-6H3/b39-32+. The number of aromatic nitrogens is 1. The van der Waals surface area contributed by atoms with Gasteiger partial charge in [0.05, 0.1) is 16.6 Å². The number of benzene rings is 3. The summed E-state index contributed by atoms with van der Waals surface area (Å²) in [6.07, 6.45) is -0.502. The third-order valence-corrected chi connectivity index (χ3v) is 9.52. The maximum Gasteiger partial charge on any atom is 0.331 e. The highest BCUT2D eigenvalue weighted by Gasteiger charge is 2.41. The van der Waals surface area contributed by atoms with Crippen molar-refractivity contribution in [2.24, 2.45) is 5.16 Å². The molecule has 1 aliphatic heterocycles. The predicted molar refractivity (Wildman–Crippen MR) is 187 cm³/mol. The van der Waals surface area contributed by atoms with Crippen molar-refractivity contribution in [2.75, 3.05) is 0 Å². The summed E-state index contributed by atoms with van der Waals surface area (Å²) in [5, 5.41) is 9.42. The summed E-state index contributed by atoms with van der Waals surface area (Å²) in [5.74, 6) is -0.558. The highest BCUT2D eigenvalue weighted by molar-refractivity contribution is 7.12. The van der Waals surface area contributed by atoms with Crippen molar-refractivity contribution in [3.05, 3.63) is 105 Å². The maximum atomic E-state index is 13.3. The van der Waals surface area contributed by atoms with Crippen molar-refractivity contribution >= 4 is 56.5 Å². The van der Waals surface area contributed by atoms with Crippen molar-refractivity contribution in [1.29, 1.82) is 0 Å². The fourth-order valence-corrected chi connectivity index (χ4v) is 6.71. The fourth-order valence-electron chi connectivity index (χ4n) is 6.02. The Bertz CT molecular complexity index is 2010. The highest BCUT2D eigenvalue weighted by atomic mass is 32.1. The third kappa shape index (κ3) is 6.82. The Morgan fingerprint density at radius 2 is 1.56 bits per heavy atom. The van der Waals surface area contributed by atoms with Crippen LogP contribution < -0.4 is 0 Å². The van der Waals surface area contributed by atoms with Gasteiger partial charge in [-0.15, -0.1) is 11.3 Å². The van der Waals surface area contributed by atoms with Crippen LogP contribution in [0, 0.1) is 0 Å². The molecule has 3 unspecified atom stereocenters. The number of rotatable bonds is 12. The number of fused-ring (bicyclic) bond motifs is 3. The number of ether oxygens (including phenoxy) is 1. The molecule has 5 aromatic rings. The molecule has 1 fully saturated rings. The molecular formula is C38H39N3O6S. The maximum absolute atomic E-state index is 13.3. The van der Waals surface area contributed by atoms with Crippen LogP contribution in [0.2, 0.25) is 0 Å². The highest BCUT2D eigenvalue weighted by Crippen LogP contribution is 2.35. The minimum absolute atomic E-state index is 0.0258. The van der Waals surface area contributed by atoms with Crippen LogP contribution in [0.3, 0.4) is 0 Å². The number of hydroxylamine groups is 2. The molecule has 0 N–H and O–H groups in total. The molecule has 0 spiro atoms. The monoisotopic (exact) mass is 665 g/mol. The number of hydrogen-bond donors (Lipinski definition) is 0. The minimum Gasteiger partial charge on any atom is -0.341 e. The average molecular weight is 666 g/mol. The number of hydrogen-bond acceptors (Lipinski definition) is 8. The molecule has 3 atom stereocenters. The van der Waals surface area contributed by atoms with Crippen molar-refractivity contribution < 1.29 is 28.8 Å². The molecule has 6 rings (SSSR count). The number of nitrogens with zero attached hydrogens (tertiary/aromatic N) is 3. The van der Waals surface area contributed by atoms with E-state index in [-0.39, 0.29) is 24.2 Å². The number of ketones is 1. The number of aryl methyl sites for hydroxylation is 1. The molecule has 3 aromatic carbocycles. The van der Waals surface area contributed by atoms with Gasteiger partial charge < -0.3 is 14.1 Å². The molecule has 9 nitrogen and oxygen atoms in total. The van der Waals surface area contributed by atoms with Crippen molar-refractivity contribution in [2.45, 2.75) is 78.9 Å². The normalized spacial score (nSPS) is 16.8. The van der Waals surface area contributed by atoms with E-state index in [1.807, 2.05) is 85.1 Å². The molecule has 3 heterocycles. The lowest BCUT2D eigenvalue weighted by Gasteiger charge is -2.30. The van der Waals surface area contributed by atoms with Crippen LogP contribution in [0.1, 0.15) is 91.8 Å². The number of carbonyl (C=O) groups is 3. The number of amides is 1. The van der Waals surface area contributed by atoms with E-state index in [9.17, 15) is 14.4 Å². The smallest absolute Gasteiger partial charge is 0.331 e. The second-order valence-corrected chi connectivity index (χ2v) is 13.3. The lowest BCUT2D eigenvalue weighted by atomic mass is 9.93. The zero-order valence-corrected chi connectivity index (χ0v) is 28.7. The molecule has 0 bridgehead atoms. The van der Waals surface area contributed by atoms with Crippen LogP contribution in [0.15, 0.2) is 83.3 Å². The molecule has 2 aromatic heterocycles. The first-order valence-electron chi connectivity index (χ1n) is 16.2. The third-order valence-electron chi connectivity index (χ3n) is 8.65. The van der Waals surface area contributed by atoms with E-state index in [0.717, 1.165) is 39.5 Å². The lowest BCUT2D eigenvalue weighted by molar-refractivity contribution is -0.218. The first kappa shape index (κ1) is 33.3. The molecule has 0 saturated carbocycles. The number of epoxide rings is 1. The van der Waals surface area contributed by atoms with Gasteiger partial charge in [-0.3, -0.25) is 9.59 Å². The second kappa shape index (κ2) is 13.8. The zero-order valence-electron chi connectivity index (χ0n) is 27.9. The van der Waals surface area contributed by atoms with Gasteiger partial charge in [0.25, 0.3) is 0 Å². The minimum atomic E-state index is -0.614. The molecule has 0 radical (unpaired) electrons. The lowest BCUT2D eigenvalue weighted by Crippen LogP contribution is -2.36. The van der Waals surface area contributed by atoms with Crippen LogP contribution in [-0.2, 0) is 30.5 Å². The largest absolute Gasteiger partial charge is 0.341 e. The SMILES string of the molecule is CCn1c2ccc(C(=O)c3cccs3)cc2c2cc(/C(CC(c3ccc(C(C)C)cc3)N(OC3OC3C)C(C)=O)=N/OC(C)=O)ccc21. The van der Waals surface area contributed by atoms with E-state index < -0.39 is 18.3 Å². The Kier molecular flexibility index (Phi) is 9.59. The van der Waals surface area contributed by atoms with Crippen LogP contribution in [0.4, 0.5) is 0 Å². The van der Waals surface area contributed by atoms with Gasteiger partial charge in [-0.1, -0.05) is 55.4 Å². The van der Waals surface area contributed by atoms with Gasteiger partial charge in [-0.05, 0) is 72.7 Å². The summed E-state index contributed by atoms with van der Waals surface area (Å²) in [6.45, 7) is 11.7. The fraction of sp³-hybridized carbons (Fsp3) is 0.316. The molecule has 48 heavy (non-hydrogen) atoms. The average Bonchev–Trinajstić information content (AvgIpc) is 3.41. The zero-order chi connectivity index (χ0) is 34.1. The van der Waals surface area contributed by atoms with Crippen molar-refractivity contribution in [3.63, 3.8) is 0 Å². The first-order chi connectivity index (χ1) is 23.0. The molecule has 10 heteroatoms. The molecule has 0 aliphatic carbocycles. The Hall–Kier alpha value is -4.64. The van der Waals surface area contributed by atoms with Crippen LogP contribution in [0.5, 0.6) is 0 Å². The Balaban J connectivity index is 1.46. The molecule has 1 amide bonds. The summed E-state index contributed by atoms with van der Waals surface area (Å²) < 4.78 is 7.72. The summed E-state index contributed by atoms with van der Waals surface area (Å²) >= 11 is 1.42. The van der Waals surface area contributed by atoms with E-state index in [1.54, 1.807) is 0 Å². The second-order valence-electron chi connectivity index (χ2n) is 12.3. The summed E-state index contributed by atoms with van der Waals surface area (Å²) in [6, 6.07) is 22.9. The van der Waals surface area contributed by atoms with Crippen molar-refractivity contribution in [3.8, 4) is 0 Å². The van der Waals surface area contributed by atoms with E-state index >= 15 is 0 Å². The predicted octanol–water partition coefficient (Wildman–Crippen LogP) is 8.15. The van der Waals surface area contributed by atoms with Gasteiger partial charge in [-0.2, -0.15) is 0 Å². The van der Waals surface area contributed by atoms with Gasteiger partial charge in [0.15, 0.2) is 0 Å². The summed E-state index contributed by atoms with van der Waals surface area (Å²) in [4.78, 5) is 50.4. The van der Waals surface area contributed by atoms with Gasteiger partial charge in [-0.25, -0.2) is 14.7 Å². The van der Waals surface area contributed by atoms with Crippen molar-refractivity contribution in [1.82, 2.24) is 9.63 Å². The summed E-state index contributed by atoms with van der Waals surface area (Å²) in [7, 11) is 0. The van der Waals surface area contributed by atoms with Crippen LogP contribution >= 0.6 is 11.3 Å². The van der Waals surface area contributed by atoms with Crippen LogP contribution in [0.25, 0.3) is 21.8 Å². The Labute approximate surface area is 283 Å². The quantitative estimate of drug-likeness (QED) is 0.0438. The summed E-state index contributed by atoms with van der Waals surface area (Å²) in [5.41, 5.74) is 5.76. The number of carbonyl (C=O) groups excluding carboxylic acids is 3. The van der Waals surface area contributed by atoms with E-state index in [4.69, 9.17) is 14.4 Å². The first-order valence-corrected chi connectivity index (χ1v) is 17.0. The Morgan fingerprint density at radius 1 is 0.938 bits per heavy atom. The molecule has 1 aliphatic rings. The van der Waals surface area contributed by atoms with Gasteiger partial charge >= 0.3 is 5.97 Å². The molecular weight excluding hydrogens is 627 g/mol. The van der Waals surface area contributed by atoms with Gasteiger partial charge in [0, 0.05) is 59.7 Å². The molecule has 1 saturated heterocycles.